The van der Waals surface area contributed by atoms with Gasteiger partial charge in [0.05, 0.1) is 12.1 Å². The SMILES string of the molecule is Cn1cc(C(=O)NCc2ccc(Cl)cc2)c(=O)c2cc(CCCOP(O)O)ccc21. The quantitative estimate of drug-likeness (QED) is 0.362. The van der Waals surface area contributed by atoms with Crippen molar-refractivity contribution in [1.82, 2.24) is 9.88 Å². The number of amides is 1. The molecule has 3 rings (SSSR count). The van der Waals surface area contributed by atoms with Gasteiger partial charge >= 0.3 is 8.60 Å². The molecular weight excluding hydrogens is 427 g/mol. The first kappa shape index (κ1) is 22.4. The van der Waals surface area contributed by atoms with Gasteiger partial charge in [0.15, 0.2) is 0 Å². The van der Waals surface area contributed by atoms with Crippen LogP contribution in [0.2, 0.25) is 5.02 Å². The summed E-state index contributed by atoms with van der Waals surface area (Å²) in [7, 11) is -0.569. The van der Waals surface area contributed by atoms with E-state index >= 15 is 0 Å². The average molecular weight is 449 g/mol. The van der Waals surface area contributed by atoms with Crippen LogP contribution in [0.1, 0.15) is 27.9 Å². The summed E-state index contributed by atoms with van der Waals surface area (Å²) >= 11 is 5.87. The van der Waals surface area contributed by atoms with Gasteiger partial charge < -0.3 is 24.2 Å². The number of rotatable bonds is 8. The van der Waals surface area contributed by atoms with E-state index in [2.05, 4.69) is 5.32 Å². The Hall–Kier alpha value is -2.28. The van der Waals surface area contributed by atoms with Crippen LogP contribution in [0, 0.1) is 0 Å². The normalized spacial score (nSPS) is 11.2. The highest BCUT2D eigenvalue weighted by Crippen LogP contribution is 2.24. The second-order valence-corrected chi connectivity index (χ2v) is 8.03. The molecule has 3 aromatic rings. The highest BCUT2D eigenvalue weighted by atomic mass is 35.5. The first-order chi connectivity index (χ1) is 14.3. The van der Waals surface area contributed by atoms with Crippen LogP contribution in [0.4, 0.5) is 0 Å². The van der Waals surface area contributed by atoms with Crippen molar-refractivity contribution in [3.63, 3.8) is 0 Å². The molecule has 0 saturated carbocycles. The number of benzene rings is 2. The van der Waals surface area contributed by atoms with E-state index in [1.165, 1.54) is 0 Å². The number of aryl methyl sites for hydroxylation is 2. The number of hydrogen-bond donors (Lipinski definition) is 3. The number of carbonyl (C=O) groups excluding carboxylic acids is 1. The van der Waals surface area contributed by atoms with Crippen LogP contribution in [0.3, 0.4) is 0 Å². The highest BCUT2D eigenvalue weighted by molar-refractivity contribution is 7.39. The number of fused-ring (bicyclic) bond motifs is 1. The van der Waals surface area contributed by atoms with Crippen molar-refractivity contribution >= 4 is 37.0 Å². The van der Waals surface area contributed by atoms with Gasteiger partial charge in [0.25, 0.3) is 5.91 Å². The molecule has 0 radical (unpaired) electrons. The first-order valence-electron chi connectivity index (χ1n) is 9.31. The summed E-state index contributed by atoms with van der Waals surface area (Å²) in [6.07, 6.45) is 2.72. The molecule has 0 aliphatic carbocycles. The van der Waals surface area contributed by atoms with Crippen LogP contribution in [0.15, 0.2) is 53.5 Å². The Labute approximate surface area is 179 Å². The summed E-state index contributed by atoms with van der Waals surface area (Å²) in [6, 6.07) is 12.6. The number of nitrogens with zero attached hydrogens (tertiary/aromatic N) is 1. The predicted octanol–water partition coefficient (Wildman–Crippen LogP) is 3.28. The van der Waals surface area contributed by atoms with Crippen LogP contribution in [-0.4, -0.2) is 26.9 Å². The minimum absolute atomic E-state index is 0.0747. The van der Waals surface area contributed by atoms with E-state index in [0.29, 0.717) is 23.3 Å². The maximum absolute atomic E-state index is 13.0. The van der Waals surface area contributed by atoms with E-state index in [1.807, 2.05) is 24.3 Å². The van der Waals surface area contributed by atoms with E-state index in [1.54, 1.807) is 36.0 Å². The molecule has 1 heterocycles. The fraction of sp³-hybridized carbons (Fsp3) is 0.238. The Morgan fingerprint density at radius 3 is 2.57 bits per heavy atom. The Balaban J connectivity index is 1.78. The van der Waals surface area contributed by atoms with E-state index in [9.17, 15) is 9.59 Å². The lowest BCUT2D eigenvalue weighted by molar-refractivity contribution is 0.0949. The number of nitrogens with one attached hydrogen (secondary N) is 1. The smallest absolute Gasteiger partial charge is 0.327 e. The van der Waals surface area contributed by atoms with Crippen molar-refractivity contribution in [3.05, 3.63) is 80.6 Å². The van der Waals surface area contributed by atoms with Crippen molar-refractivity contribution in [2.75, 3.05) is 6.61 Å². The third kappa shape index (κ3) is 5.65. The van der Waals surface area contributed by atoms with Gasteiger partial charge in [-0.2, -0.15) is 0 Å². The second kappa shape index (κ2) is 10.2. The highest BCUT2D eigenvalue weighted by Gasteiger charge is 2.15. The molecule has 0 spiro atoms. The molecular formula is C21H22ClN2O5P. The molecule has 9 heteroatoms. The van der Waals surface area contributed by atoms with Crippen LogP contribution in [0.5, 0.6) is 0 Å². The maximum atomic E-state index is 13.0. The molecule has 158 valence electrons. The number of aromatic nitrogens is 1. The standard InChI is InChI=1S/C21H22ClN2O5P/c1-24-13-18(21(26)23-12-15-4-7-16(22)8-5-15)20(25)17-11-14(6-9-19(17)24)3-2-10-29-30(27)28/h4-9,11,13,27-28H,2-3,10,12H2,1H3,(H,23,26). The zero-order chi connectivity index (χ0) is 21.7. The van der Waals surface area contributed by atoms with E-state index in [0.717, 1.165) is 16.6 Å². The molecule has 7 nitrogen and oxygen atoms in total. The number of halogens is 1. The minimum atomic E-state index is -2.36. The zero-order valence-electron chi connectivity index (χ0n) is 16.3. The fourth-order valence-corrected chi connectivity index (χ4v) is 3.58. The van der Waals surface area contributed by atoms with Crippen LogP contribution < -0.4 is 10.7 Å². The topological polar surface area (TPSA) is 101 Å². The molecule has 0 atom stereocenters. The molecule has 0 unspecified atom stereocenters. The fourth-order valence-electron chi connectivity index (χ4n) is 3.16. The van der Waals surface area contributed by atoms with Gasteiger partial charge in [-0.15, -0.1) is 0 Å². The molecule has 30 heavy (non-hydrogen) atoms. The van der Waals surface area contributed by atoms with Gasteiger partial charge in [-0.3, -0.25) is 9.59 Å². The third-order valence-corrected chi connectivity index (χ3v) is 5.35. The Morgan fingerprint density at radius 1 is 1.17 bits per heavy atom. The van der Waals surface area contributed by atoms with Gasteiger partial charge in [0.2, 0.25) is 5.43 Å². The summed E-state index contributed by atoms with van der Waals surface area (Å²) in [5.74, 6) is -0.439. The lowest BCUT2D eigenvalue weighted by Crippen LogP contribution is -2.29. The number of hydrogen-bond acceptors (Lipinski definition) is 5. The zero-order valence-corrected chi connectivity index (χ0v) is 18.0. The Kier molecular flexibility index (Phi) is 7.58. The predicted molar refractivity (Wildman–Crippen MR) is 117 cm³/mol. The molecule has 3 N–H and O–H groups in total. The van der Waals surface area contributed by atoms with Gasteiger partial charge in [-0.05, 0) is 48.2 Å². The molecule has 0 aliphatic rings. The summed E-state index contributed by atoms with van der Waals surface area (Å²) in [6.45, 7) is 0.497. The first-order valence-corrected chi connectivity index (χ1v) is 10.8. The molecule has 0 aliphatic heterocycles. The van der Waals surface area contributed by atoms with Crippen molar-refractivity contribution in [3.8, 4) is 0 Å². The van der Waals surface area contributed by atoms with Gasteiger partial charge in [0, 0.05) is 30.2 Å². The molecule has 1 aromatic heterocycles. The van der Waals surface area contributed by atoms with Crippen molar-refractivity contribution < 1.29 is 19.1 Å². The van der Waals surface area contributed by atoms with Gasteiger partial charge in [0.1, 0.15) is 5.56 Å². The van der Waals surface area contributed by atoms with Crippen molar-refractivity contribution in [1.29, 1.82) is 0 Å². The average Bonchev–Trinajstić information content (AvgIpc) is 2.73. The van der Waals surface area contributed by atoms with E-state index in [4.69, 9.17) is 25.9 Å². The van der Waals surface area contributed by atoms with E-state index < -0.39 is 14.5 Å². The van der Waals surface area contributed by atoms with Crippen LogP contribution in [0.25, 0.3) is 10.9 Å². The molecule has 0 fully saturated rings. The monoisotopic (exact) mass is 448 g/mol. The maximum Gasteiger partial charge on any atom is 0.327 e. The molecule has 0 saturated heterocycles. The molecule has 1 amide bonds. The lowest BCUT2D eigenvalue weighted by Gasteiger charge is -2.11. The Morgan fingerprint density at radius 2 is 1.87 bits per heavy atom. The summed E-state index contributed by atoms with van der Waals surface area (Å²) in [4.78, 5) is 43.2. The lowest BCUT2D eigenvalue weighted by atomic mass is 10.0. The molecule has 2 aromatic carbocycles. The Bertz CT molecular complexity index is 1100. The van der Waals surface area contributed by atoms with Crippen LogP contribution in [-0.2, 0) is 24.5 Å². The van der Waals surface area contributed by atoms with Crippen molar-refractivity contribution in [2.45, 2.75) is 19.4 Å². The number of pyridine rings is 1. The van der Waals surface area contributed by atoms with Crippen molar-refractivity contribution in [2.24, 2.45) is 7.05 Å². The minimum Gasteiger partial charge on any atom is -0.350 e. The molecule has 0 bridgehead atoms. The third-order valence-electron chi connectivity index (χ3n) is 4.68. The summed E-state index contributed by atoms with van der Waals surface area (Å²) < 4.78 is 6.52. The van der Waals surface area contributed by atoms with Gasteiger partial charge in [-0.1, -0.05) is 29.8 Å². The summed E-state index contributed by atoms with van der Waals surface area (Å²) in [5, 5.41) is 3.85. The second-order valence-electron chi connectivity index (χ2n) is 6.83. The van der Waals surface area contributed by atoms with Gasteiger partial charge in [-0.25, -0.2) is 0 Å². The van der Waals surface area contributed by atoms with Crippen LogP contribution >= 0.6 is 20.2 Å². The number of carbonyl (C=O) groups is 1. The summed E-state index contributed by atoms with van der Waals surface area (Å²) in [5.41, 5.74) is 2.25. The largest absolute Gasteiger partial charge is 0.350 e. The van der Waals surface area contributed by atoms with E-state index in [-0.39, 0.29) is 24.1 Å².